The first-order valence-electron chi connectivity index (χ1n) is 3.49. The number of nitrogens with zero attached hydrogens (tertiary/aromatic N) is 1. The van der Waals surface area contributed by atoms with Crippen LogP contribution in [0.5, 0.6) is 0 Å². The number of nitrogen functional groups attached to an aromatic ring is 1. The summed E-state index contributed by atoms with van der Waals surface area (Å²) in [7, 11) is 0. The second-order valence-corrected chi connectivity index (χ2v) is 3.16. The predicted molar refractivity (Wildman–Crippen MR) is 49.2 cm³/mol. The van der Waals surface area contributed by atoms with Gasteiger partial charge in [-0.15, -0.1) is 0 Å². The first-order valence-corrected chi connectivity index (χ1v) is 4.28. The van der Waals surface area contributed by atoms with Crippen molar-refractivity contribution in [2.45, 2.75) is 13.0 Å². The number of nitrogens with two attached hydrogens (primary N) is 2. The molecule has 0 bridgehead atoms. The van der Waals surface area contributed by atoms with Crippen LogP contribution in [0.3, 0.4) is 0 Å². The van der Waals surface area contributed by atoms with Gasteiger partial charge >= 0.3 is 0 Å². The van der Waals surface area contributed by atoms with Crippen molar-refractivity contribution in [3.05, 3.63) is 21.9 Å². The molecule has 1 aromatic rings. The average molecular weight is 252 g/mol. The second kappa shape index (κ2) is 3.97. The van der Waals surface area contributed by atoms with Crippen LogP contribution in [0.15, 0.2) is 10.7 Å². The Labute approximate surface area is 82.3 Å². The zero-order valence-electron chi connectivity index (χ0n) is 6.60. The molecule has 72 valence electrons. The van der Waals surface area contributed by atoms with Crippen LogP contribution in [0.2, 0.25) is 0 Å². The first-order chi connectivity index (χ1) is 6.06. The van der Waals surface area contributed by atoms with E-state index in [1.807, 2.05) is 0 Å². The van der Waals surface area contributed by atoms with Crippen molar-refractivity contribution in [2.75, 3.05) is 5.73 Å². The van der Waals surface area contributed by atoms with Gasteiger partial charge in [-0.25, -0.2) is 13.8 Å². The third-order valence-corrected chi connectivity index (χ3v) is 2.18. The Morgan fingerprint density at radius 1 is 1.54 bits per heavy atom. The van der Waals surface area contributed by atoms with E-state index in [2.05, 4.69) is 20.9 Å². The quantitative estimate of drug-likeness (QED) is 0.789. The Hall–Kier alpha value is -0.750. The number of halogens is 3. The Bertz CT molecular complexity index is 317. The van der Waals surface area contributed by atoms with E-state index in [4.69, 9.17) is 11.5 Å². The lowest BCUT2D eigenvalue weighted by molar-refractivity contribution is 0.149. The fourth-order valence-electron chi connectivity index (χ4n) is 0.910. The van der Waals surface area contributed by atoms with E-state index < -0.39 is 6.43 Å². The molecule has 0 radical (unpaired) electrons. The van der Waals surface area contributed by atoms with Gasteiger partial charge in [0.05, 0.1) is 11.4 Å². The van der Waals surface area contributed by atoms with Gasteiger partial charge in [0, 0.05) is 12.1 Å². The number of aromatic nitrogens is 1. The summed E-state index contributed by atoms with van der Waals surface area (Å²) in [5.41, 5.74) is 10.8. The number of pyridine rings is 1. The lowest BCUT2D eigenvalue weighted by Crippen LogP contribution is -2.07. The highest BCUT2D eigenvalue weighted by Gasteiger charge is 2.15. The molecule has 0 saturated carbocycles. The van der Waals surface area contributed by atoms with Crippen LogP contribution in [0.4, 0.5) is 14.5 Å². The van der Waals surface area contributed by atoms with Crippen LogP contribution >= 0.6 is 15.9 Å². The third-order valence-electron chi connectivity index (χ3n) is 1.54. The lowest BCUT2D eigenvalue weighted by atomic mass is 10.2. The maximum absolute atomic E-state index is 12.4. The molecule has 1 rings (SSSR count). The van der Waals surface area contributed by atoms with Crippen LogP contribution in [0.1, 0.15) is 17.7 Å². The van der Waals surface area contributed by atoms with Gasteiger partial charge in [-0.05, 0) is 22.0 Å². The van der Waals surface area contributed by atoms with Crippen LogP contribution in [0.25, 0.3) is 0 Å². The van der Waals surface area contributed by atoms with Gasteiger partial charge in [-0.3, -0.25) is 0 Å². The maximum Gasteiger partial charge on any atom is 0.265 e. The number of rotatable bonds is 2. The van der Waals surface area contributed by atoms with Crippen molar-refractivity contribution in [1.29, 1.82) is 0 Å². The molecule has 0 spiro atoms. The fourth-order valence-corrected chi connectivity index (χ4v) is 1.24. The van der Waals surface area contributed by atoms with Crippen molar-refractivity contribution < 1.29 is 8.78 Å². The van der Waals surface area contributed by atoms with E-state index in [1.54, 1.807) is 0 Å². The normalized spacial score (nSPS) is 10.8. The van der Waals surface area contributed by atoms with Gasteiger partial charge in [-0.1, -0.05) is 0 Å². The standard InChI is InChI=1S/C7H8BrF2N3/c8-6-4(12)1-3(7(9)10)5(2-11)13-6/h1,7H,2,11-12H2. The molecule has 0 unspecified atom stereocenters. The molecule has 0 aliphatic carbocycles. The molecular weight excluding hydrogens is 244 g/mol. The maximum atomic E-state index is 12.4. The van der Waals surface area contributed by atoms with Gasteiger partial charge in [0.1, 0.15) is 4.60 Å². The average Bonchev–Trinajstić information content (AvgIpc) is 2.08. The van der Waals surface area contributed by atoms with Crippen molar-refractivity contribution in [1.82, 2.24) is 4.98 Å². The van der Waals surface area contributed by atoms with Gasteiger partial charge in [0.25, 0.3) is 6.43 Å². The molecule has 0 atom stereocenters. The molecule has 1 aromatic heterocycles. The van der Waals surface area contributed by atoms with Gasteiger partial charge < -0.3 is 11.5 Å². The SMILES string of the molecule is NCc1nc(Br)c(N)cc1C(F)F. The van der Waals surface area contributed by atoms with Gasteiger partial charge in [0.2, 0.25) is 0 Å². The molecule has 0 aromatic carbocycles. The molecule has 0 aliphatic heterocycles. The Kier molecular flexibility index (Phi) is 3.16. The minimum atomic E-state index is -2.60. The summed E-state index contributed by atoms with van der Waals surface area (Å²) in [6.07, 6.45) is -2.60. The largest absolute Gasteiger partial charge is 0.397 e. The van der Waals surface area contributed by atoms with Crippen LogP contribution in [-0.2, 0) is 6.54 Å². The molecule has 0 saturated heterocycles. The molecule has 4 N–H and O–H groups in total. The van der Waals surface area contributed by atoms with Crippen LogP contribution in [0, 0.1) is 0 Å². The summed E-state index contributed by atoms with van der Waals surface area (Å²) in [5.74, 6) is 0. The van der Waals surface area contributed by atoms with E-state index in [9.17, 15) is 8.78 Å². The summed E-state index contributed by atoms with van der Waals surface area (Å²) in [4.78, 5) is 3.80. The van der Waals surface area contributed by atoms with Crippen LogP contribution in [-0.4, -0.2) is 4.98 Å². The summed E-state index contributed by atoms with van der Waals surface area (Å²) >= 11 is 3.03. The highest BCUT2D eigenvalue weighted by molar-refractivity contribution is 9.10. The van der Waals surface area contributed by atoms with E-state index in [0.29, 0.717) is 4.60 Å². The van der Waals surface area contributed by atoms with E-state index in [0.717, 1.165) is 0 Å². The van der Waals surface area contributed by atoms with Crippen molar-refractivity contribution in [3.63, 3.8) is 0 Å². The predicted octanol–water partition coefficient (Wildman–Crippen LogP) is 1.82. The zero-order valence-corrected chi connectivity index (χ0v) is 8.18. The van der Waals surface area contributed by atoms with Crippen molar-refractivity contribution in [2.24, 2.45) is 5.73 Å². The minimum absolute atomic E-state index is 0.0292. The summed E-state index contributed by atoms with van der Waals surface area (Å²) in [6.45, 7) is -0.0292. The molecule has 3 nitrogen and oxygen atoms in total. The summed E-state index contributed by atoms with van der Waals surface area (Å²) in [5, 5.41) is 0. The van der Waals surface area contributed by atoms with E-state index >= 15 is 0 Å². The summed E-state index contributed by atoms with van der Waals surface area (Å²) in [6, 6.07) is 1.18. The molecule has 6 heteroatoms. The third kappa shape index (κ3) is 2.13. The highest BCUT2D eigenvalue weighted by atomic mass is 79.9. The number of hydrogen-bond donors (Lipinski definition) is 2. The lowest BCUT2D eigenvalue weighted by Gasteiger charge is -2.08. The zero-order chi connectivity index (χ0) is 10.0. The number of alkyl halides is 2. The minimum Gasteiger partial charge on any atom is -0.397 e. The van der Waals surface area contributed by atoms with E-state index in [1.165, 1.54) is 6.07 Å². The number of hydrogen-bond acceptors (Lipinski definition) is 3. The molecular formula is C7H8BrF2N3. The molecule has 13 heavy (non-hydrogen) atoms. The van der Waals surface area contributed by atoms with Gasteiger partial charge in [-0.2, -0.15) is 0 Å². The molecule has 1 heterocycles. The van der Waals surface area contributed by atoms with Gasteiger partial charge in [0.15, 0.2) is 0 Å². The Balaban J connectivity index is 3.25. The molecule has 0 aliphatic rings. The monoisotopic (exact) mass is 251 g/mol. The fraction of sp³-hybridized carbons (Fsp3) is 0.286. The summed E-state index contributed by atoms with van der Waals surface area (Å²) < 4.78 is 25.1. The first kappa shape index (κ1) is 10.3. The van der Waals surface area contributed by atoms with E-state index in [-0.39, 0.29) is 23.5 Å². The molecule has 0 amide bonds. The smallest absolute Gasteiger partial charge is 0.265 e. The highest BCUT2D eigenvalue weighted by Crippen LogP contribution is 2.27. The Morgan fingerprint density at radius 3 is 2.62 bits per heavy atom. The Morgan fingerprint density at radius 2 is 2.15 bits per heavy atom. The van der Waals surface area contributed by atoms with Crippen molar-refractivity contribution in [3.8, 4) is 0 Å². The second-order valence-electron chi connectivity index (χ2n) is 2.41. The van der Waals surface area contributed by atoms with Crippen molar-refractivity contribution >= 4 is 21.6 Å². The number of anilines is 1. The van der Waals surface area contributed by atoms with Crippen LogP contribution < -0.4 is 11.5 Å². The molecule has 0 fully saturated rings. The topological polar surface area (TPSA) is 64.9 Å².